The molecule has 0 aliphatic carbocycles. The van der Waals surface area contributed by atoms with Gasteiger partial charge in [0.1, 0.15) is 0 Å². The predicted molar refractivity (Wildman–Crippen MR) is 259 cm³/mol. The third kappa shape index (κ3) is 39.1. The SMILES string of the molecule is CCCCCCCC(=O)OCCCCCOC(=O)CC(CC(=O)OCCCCCOC(=O)CCCCCCC)(OC(=O)CCN(C)CC(C)O)C(=O)OCCCCCOC(=O)CCCCCCC. The lowest BCUT2D eigenvalue weighted by Crippen LogP contribution is -2.49. The third-order valence-corrected chi connectivity index (χ3v) is 11.2. The van der Waals surface area contributed by atoms with Gasteiger partial charge in [0.05, 0.1) is 65.0 Å². The fraction of sp³-hybridized carbons (Fsp3) is 0.865. The van der Waals surface area contributed by atoms with E-state index in [9.17, 15) is 38.7 Å². The van der Waals surface area contributed by atoms with Crippen LogP contribution in [0.3, 0.4) is 0 Å². The van der Waals surface area contributed by atoms with Crippen LogP contribution in [0.15, 0.2) is 0 Å². The van der Waals surface area contributed by atoms with Crippen LogP contribution in [0.2, 0.25) is 0 Å². The van der Waals surface area contributed by atoms with E-state index in [1.165, 1.54) is 0 Å². The number of aliphatic hydroxyl groups excluding tert-OH is 1. The van der Waals surface area contributed by atoms with E-state index in [-0.39, 0.29) is 77.1 Å². The molecular formula is C52H93NO15. The first-order valence-electron chi connectivity index (χ1n) is 26.3. The van der Waals surface area contributed by atoms with E-state index < -0.39 is 48.4 Å². The second-order valence-corrected chi connectivity index (χ2v) is 18.1. The Bertz CT molecular complexity index is 1290. The van der Waals surface area contributed by atoms with Gasteiger partial charge in [-0.15, -0.1) is 0 Å². The van der Waals surface area contributed by atoms with Crippen molar-refractivity contribution in [2.45, 2.75) is 232 Å². The summed E-state index contributed by atoms with van der Waals surface area (Å²) in [6.07, 6.45) is 18.7. The molecule has 0 aromatic carbocycles. The summed E-state index contributed by atoms with van der Waals surface area (Å²) < 4.78 is 38.3. The van der Waals surface area contributed by atoms with Gasteiger partial charge in [-0.25, -0.2) is 4.79 Å². The van der Waals surface area contributed by atoms with Gasteiger partial charge in [-0.05, 0) is 91.0 Å². The Morgan fingerprint density at radius 2 is 0.721 bits per heavy atom. The van der Waals surface area contributed by atoms with Gasteiger partial charge in [-0.3, -0.25) is 28.8 Å². The highest BCUT2D eigenvalue weighted by molar-refractivity contribution is 5.92. The molecule has 0 saturated heterocycles. The number of rotatable bonds is 47. The summed E-state index contributed by atoms with van der Waals surface area (Å²) in [5, 5.41) is 9.80. The Balaban J connectivity index is 5.61. The number of likely N-dealkylation sites (N-methyl/N-ethyl adjacent to an activating group) is 1. The van der Waals surface area contributed by atoms with E-state index in [2.05, 4.69) is 20.8 Å². The minimum atomic E-state index is -2.41. The van der Waals surface area contributed by atoms with Crippen molar-refractivity contribution in [3.63, 3.8) is 0 Å². The topological polar surface area (TPSA) is 208 Å². The molecule has 0 aliphatic rings. The Labute approximate surface area is 409 Å². The molecule has 68 heavy (non-hydrogen) atoms. The summed E-state index contributed by atoms with van der Waals surface area (Å²) >= 11 is 0. The first-order chi connectivity index (χ1) is 32.8. The molecule has 396 valence electrons. The maximum atomic E-state index is 14.0. The van der Waals surface area contributed by atoms with E-state index in [1.54, 1.807) is 18.9 Å². The second kappa shape index (κ2) is 44.4. The van der Waals surface area contributed by atoms with Crippen LogP contribution in [-0.4, -0.2) is 123 Å². The number of unbranched alkanes of at least 4 members (excludes halogenated alkanes) is 18. The van der Waals surface area contributed by atoms with Crippen LogP contribution in [0.4, 0.5) is 0 Å². The van der Waals surface area contributed by atoms with Gasteiger partial charge in [0.2, 0.25) is 5.60 Å². The van der Waals surface area contributed by atoms with Crippen molar-refractivity contribution >= 4 is 41.8 Å². The van der Waals surface area contributed by atoms with Crippen molar-refractivity contribution < 1.29 is 71.8 Å². The molecule has 0 rings (SSSR count). The number of nitrogens with zero attached hydrogens (tertiary/aromatic N) is 1. The van der Waals surface area contributed by atoms with Crippen LogP contribution < -0.4 is 0 Å². The molecule has 0 bridgehead atoms. The Kier molecular flexibility index (Phi) is 41.9. The predicted octanol–water partition coefficient (Wildman–Crippen LogP) is 9.60. The number of esters is 7. The average molecular weight is 972 g/mol. The Hall–Kier alpha value is -3.79. The molecule has 0 saturated carbocycles. The average Bonchev–Trinajstić information content (AvgIpc) is 3.29. The van der Waals surface area contributed by atoms with Gasteiger partial charge in [0.15, 0.2) is 0 Å². The highest BCUT2D eigenvalue weighted by Gasteiger charge is 2.49. The molecule has 1 atom stereocenters. The maximum absolute atomic E-state index is 14.0. The zero-order valence-corrected chi connectivity index (χ0v) is 43.1. The highest BCUT2D eigenvalue weighted by atomic mass is 16.6. The molecule has 1 unspecified atom stereocenters. The molecule has 0 amide bonds. The van der Waals surface area contributed by atoms with Gasteiger partial charge < -0.3 is 43.2 Å². The highest BCUT2D eigenvalue weighted by Crippen LogP contribution is 2.27. The third-order valence-electron chi connectivity index (χ3n) is 11.2. The van der Waals surface area contributed by atoms with E-state index in [0.717, 1.165) is 96.3 Å². The van der Waals surface area contributed by atoms with Crippen LogP contribution in [0.1, 0.15) is 220 Å². The molecule has 0 spiro atoms. The minimum absolute atomic E-state index is 0.0322. The van der Waals surface area contributed by atoms with Gasteiger partial charge in [-0.1, -0.05) is 97.8 Å². The van der Waals surface area contributed by atoms with Crippen LogP contribution >= 0.6 is 0 Å². The molecule has 0 aromatic rings. The molecule has 0 radical (unpaired) electrons. The zero-order chi connectivity index (χ0) is 50.5. The molecule has 0 aliphatic heterocycles. The van der Waals surface area contributed by atoms with Crippen molar-refractivity contribution in [3.8, 4) is 0 Å². The molecule has 1 N–H and O–H groups in total. The van der Waals surface area contributed by atoms with Crippen molar-refractivity contribution in [1.29, 1.82) is 0 Å². The summed E-state index contributed by atoms with van der Waals surface area (Å²) in [4.78, 5) is 92.2. The van der Waals surface area contributed by atoms with Crippen molar-refractivity contribution in [3.05, 3.63) is 0 Å². The second-order valence-electron chi connectivity index (χ2n) is 18.1. The molecular weight excluding hydrogens is 879 g/mol. The summed E-state index contributed by atoms with van der Waals surface area (Å²) in [5.41, 5.74) is -2.41. The summed E-state index contributed by atoms with van der Waals surface area (Å²) in [7, 11) is 1.70. The van der Waals surface area contributed by atoms with Crippen molar-refractivity contribution in [2.75, 3.05) is 59.8 Å². The molecule has 0 fully saturated rings. The van der Waals surface area contributed by atoms with Crippen molar-refractivity contribution in [1.82, 2.24) is 4.90 Å². The number of carbonyl (C=O) groups is 7. The van der Waals surface area contributed by atoms with Gasteiger partial charge in [0, 0.05) is 32.4 Å². The van der Waals surface area contributed by atoms with Gasteiger partial charge in [-0.2, -0.15) is 0 Å². The monoisotopic (exact) mass is 972 g/mol. The smallest absolute Gasteiger partial charge is 0.351 e. The summed E-state index contributed by atoms with van der Waals surface area (Å²) in [5.74, 6) is -4.49. The Morgan fingerprint density at radius 1 is 0.412 bits per heavy atom. The minimum Gasteiger partial charge on any atom is -0.466 e. The zero-order valence-electron chi connectivity index (χ0n) is 43.1. The van der Waals surface area contributed by atoms with Crippen molar-refractivity contribution in [2.24, 2.45) is 0 Å². The quantitative estimate of drug-likeness (QED) is 0.0342. The number of hydrogen-bond donors (Lipinski definition) is 1. The van der Waals surface area contributed by atoms with Gasteiger partial charge in [0.25, 0.3) is 0 Å². The fourth-order valence-electron chi connectivity index (χ4n) is 7.19. The first kappa shape index (κ1) is 64.2. The van der Waals surface area contributed by atoms with Crippen LogP contribution in [0.25, 0.3) is 0 Å². The standard InChI is InChI=1S/C52H93NO15/c1-6-9-12-15-21-30-45(55)62-35-24-18-27-38-65-49(59)41-52(68-48(58)33-34-53(5)43-44(4)54,51(61)67-40-29-20-26-37-64-47(57)32-23-17-14-11-8-3)42-50(60)66-39-28-19-25-36-63-46(56)31-22-16-13-10-7-2/h44,54H,6-43H2,1-5H3. The van der Waals surface area contributed by atoms with Crippen LogP contribution in [0, 0.1) is 0 Å². The summed E-state index contributed by atoms with van der Waals surface area (Å²) in [6, 6.07) is 0. The normalized spacial score (nSPS) is 11.8. The van der Waals surface area contributed by atoms with E-state index in [4.69, 9.17) is 33.2 Å². The van der Waals surface area contributed by atoms with Gasteiger partial charge >= 0.3 is 41.8 Å². The number of aliphatic hydroxyl groups is 1. The lowest BCUT2D eigenvalue weighted by molar-refractivity contribution is -0.191. The molecule has 16 heteroatoms. The number of hydrogen-bond acceptors (Lipinski definition) is 16. The van der Waals surface area contributed by atoms with Crippen LogP contribution in [0.5, 0.6) is 0 Å². The molecule has 16 nitrogen and oxygen atoms in total. The lowest BCUT2D eigenvalue weighted by atomic mass is 9.94. The van der Waals surface area contributed by atoms with E-state index >= 15 is 0 Å². The first-order valence-corrected chi connectivity index (χ1v) is 26.3. The van der Waals surface area contributed by atoms with E-state index in [1.807, 2.05) is 0 Å². The number of ether oxygens (including phenoxy) is 7. The molecule has 0 heterocycles. The fourth-order valence-corrected chi connectivity index (χ4v) is 7.19. The van der Waals surface area contributed by atoms with Crippen LogP contribution in [-0.2, 0) is 66.7 Å². The Morgan fingerprint density at radius 3 is 1.06 bits per heavy atom. The van der Waals surface area contributed by atoms with E-state index in [0.29, 0.717) is 77.0 Å². The number of carbonyl (C=O) groups excluding carboxylic acids is 7. The lowest BCUT2D eigenvalue weighted by Gasteiger charge is -2.30. The molecule has 0 aromatic heterocycles. The largest absolute Gasteiger partial charge is 0.466 e. The maximum Gasteiger partial charge on any atom is 0.351 e. The summed E-state index contributed by atoms with van der Waals surface area (Å²) in [6.45, 7) is 8.95.